The van der Waals surface area contributed by atoms with E-state index in [1.165, 1.54) is 52.9 Å². The Balaban J connectivity index is 1.59. The average molecular weight is 792 g/mol. The SMILES string of the molecule is C=C[C@H](C)Nc1nc2c(c(=O)n1-c1ccc(C(=O)N(C)C(=O)OCOC(=O)[C@@H](N)C(C)C)cc1)C[C@@H](C)N(C(=O)c1ccc(Br)c(C(F)(F)F)c1)C2. The lowest BCUT2D eigenvalue weighted by atomic mass is 9.98. The number of esters is 1. The van der Waals surface area contributed by atoms with Crippen molar-refractivity contribution in [1.29, 1.82) is 0 Å². The second-order valence-electron chi connectivity index (χ2n) is 12.5. The van der Waals surface area contributed by atoms with Gasteiger partial charge in [0.05, 0.1) is 23.5 Å². The Morgan fingerprint density at radius 2 is 1.75 bits per heavy atom. The number of hydrogen-bond donors (Lipinski definition) is 2. The maximum Gasteiger partial charge on any atom is 0.419 e. The Hall–Kier alpha value is -5.03. The smallest absolute Gasteiger partial charge is 0.419 e. The molecule has 3 aromatic rings. The van der Waals surface area contributed by atoms with Gasteiger partial charge in [0, 0.05) is 40.3 Å². The van der Waals surface area contributed by atoms with Crippen molar-refractivity contribution < 1.29 is 41.8 Å². The number of anilines is 1. The van der Waals surface area contributed by atoms with Crippen LogP contribution in [0.1, 0.15) is 65.2 Å². The average Bonchev–Trinajstić information content (AvgIpc) is 3.10. The number of carbonyl (C=O) groups excluding carboxylic acids is 4. The lowest BCUT2D eigenvalue weighted by Crippen LogP contribution is -2.46. The summed E-state index contributed by atoms with van der Waals surface area (Å²) in [5.41, 5.74) is 5.04. The van der Waals surface area contributed by atoms with E-state index >= 15 is 0 Å². The van der Waals surface area contributed by atoms with Crippen molar-refractivity contribution in [2.45, 2.75) is 65.0 Å². The first kappa shape index (κ1) is 39.8. The van der Waals surface area contributed by atoms with Gasteiger partial charge in [0.2, 0.25) is 12.7 Å². The van der Waals surface area contributed by atoms with E-state index in [2.05, 4.69) is 32.8 Å². The number of aromatic nitrogens is 2. The monoisotopic (exact) mass is 790 g/mol. The Bertz CT molecular complexity index is 1930. The summed E-state index contributed by atoms with van der Waals surface area (Å²) in [6, 6.07) is 7.15. The molecule has 13 nitrogen and oxygen atoms in total. The summed E-state index contributed by atoms with van der Waals surface area (Å²) in [7, 11) is 1.18. The van der Waals surface area contributed by atoms with E-state index in [0.717, 1.165) is 6.07 Å². The fraction of sp³-hybridized carbons (Fsp3) is 0.371. The molecule has 0 saturated heterocycles. The highest BCUT2D eigenvalue weighted by Gasteiger charge is 2.36. The minimum Gasteiger partial charge on any atom is -0.427 e. The standard InChI is InChI=1S/C35H38BrF3N6O7/c1-7-19(4)41-33-42-27-16-44(30(47)22-10-13-26(36)25(15-22)35(37,38)39)20(5)14-24(27)31(48)45(33)23-11-8-21(9-12-23)29(46)43(6)34(50)52-17-51-32(49)28(40)18(2)3/h7-13,15,18-20,28H,1,14,16-17,40H2,2-6H3,(H,41,42)/t19-,20+,28-/m0/s1. The molecule has 2 heterocycles. The van der Waals surface area contributed by atoms with Gasteiger partial charge in [-0.3, -0.25) is 19.2 Å². The van der Waals surface area contributed by atoms with Gasteiger partial charge in [0.25, 0.3) is 17.4 Å². The number of ether oxygens (including phenoxy) is 2. The van der Waals surface area contributed by atoms with Crippen molar-refractivity contribution in [2.75, 3.05) is 19.2 Å². The number of halogens is 4. The summed E-state index contributed by atoms with van der Waals surface area (Å²) in [6.07, 6.45) is -4.12. The zero-order valence-electron chi connectivity index (χ0n) is 29.0. The topological polar surface area (TPSA) is 166 Å². The maximum atomic E-state index is 14.1. The van der Waals surface area contributed by atoms with Crippen LogP contribution in [0, 0.1) is 5.92 Å². The number of fused-ring (bicyclic) bond motifs is 1. The molecule has 52 heavy (non-hydrogen) atoms. The lowest BCUT2D eigenvalue weighted by Gasteiger charge is -2.35. The van der Waals surface area contributed by atoms with Crippen LogP contribution in [0.4, 0.5) is 23.9 Å². The quantitative estimate of drug-likeness (QED) is 0.157. The van der Waals surface area contributed by atoms with Crippen molar-refractivity contribution in [2.24, 2.45) is 11.7 Å². The van der Waals surface area contributed by atoms with Crippen LogP contribution >= 0.6 is 15.9 Å². The van der Waals surface area contributed by atoms with Crippen LogP contribution in [0.2, 0.25) is 0 Å². The first-order chi connectivity index (χ1) is 24.3. The van der Waals surface area contributed by atoms with Crippen LogP contribution in [0.3, 0.4) is 0 Å². The van der Waals surface area contributed by atoms with E-state index in [-0.39, 0.29) is 52.2 Å². The van der Waals surface area contributed by atoms with Gasteiger partial charge >= 0.3 is 18.2 Å². The molecule has 0 unspecified atom stereocenters. The molecule has 0 saturated carbocycles. The molecule has 0 radical (unpaired) electrons. The predicted molar refractivity (Wildman–Crippen MR) is 188 cm³/mol. The first-order valence-corrected chi connectivity index (χ1v) is 16.8. The third-order valence-electron chi connectivity index (χ3n) is 8.43. The molecule has 1 aromatic heterocycles. The van der Waals surface area contributed by atoms with Gasteiger partial charge in [-0.15, -0.1) is 6.58 Å². The van der Waals surface area contributed by atoms with Crippen molar-refractivity contribution in [3.8, 4) is 5.69 Å². The summed E-state index contributed by atoms with van der Waals surface area (Å²) >= 11 is 2.89. The van der Waals surface area contributed by atoms with Crippen LogP contribution in [-0.2, 0) is 33.4 Å². The first-order valence-electron chi connectivity index (χ1n) is 16.0. The van der Waals surface area contributed by atoms with E-state index in [1.54, 1.807) is 33.8 Å². The number of nitrogens with zero attached hydrogens (tertiary/aromatic N) is 4. The van der Waals surface area contributed by atoms with E-state index in [0.29, 0.717) is 16.2 Å². The zero-order valence-corrected chi connectivity index (χ0v) is 30.6. The number of nitrogens with two attached hydrogens (primary N) is 1. The van der Waals surface area contributed by atoms with Crippen LogP contribution in [0.25, 0.3) is 5.69 Å². The Kier molecular flexibility index (Phi) is 12.3. The number of rotatable bonds is 10. The number of nitrogens with one attached hydrogen (secondary N) is 1. The molecule has 0 spiro atoms. The summed E-state index contributed by atoms with van der Waals surface area (Å²) in [5.74, 6) is -2.27. The highest BCUT2D eigenvalue weighted by Crippen LogP contribution is 2.36. The van der Waals surface area contributed by atoms with Crippen LogP contribution < -0.4 is 16.6 Å². The molecule has 4 rings (SSSR count). The minimum atomic E-state index is -4.68. The van der Waals surface area contributed by atoms with Gasteiger partial charge in [-0.1, -0.05) is 35.9 Å². The second kappa shape index (κ2) is 16.1. The summed E-state index contributed by atoms with van der Waals surface area (Å²) in [4.78, 5) is 71.7. The molecular weight excluding hydrogens is 753 g/mol. The maximum absolute atomic E-state index is 14.1. The van der Waals surface area contributed by atoms with Gasteiger partial charge in [-0.25, -0.2) is 19.2 Å². The Morgan fingerprint density at radius 3 is 2.35 bits per heavy atom. The number of benzene rings is 2. The third kappa shape index (κ3) is 8.70. The fourth-order valence-electron chi connectivity index (χ4n) is 5.20. The Morgan fingerprint density at radius 1 is 1.12 bits per heavy atom. The van der Waals surface area contributed by atoms with Crippen LogP contribution in [0.15, 0.2) is 64.4 Å². The molecular formula is C35H38BrF3N6O7. The zero-order chi connectivity index (χ0) is 38.7. The van der Waals surface area contributed by atoms with E-state index < -0.39 is 60.1 Å². The highest BCUT2D eigenvalue weighted by molar-refractivity contribution is 9.10. The molecule has 3 atom stereocenters. The number of alkyl halides is 3. The summed E-state index contributed by atoms with van der Waals surface area (Å²) < 4.78 is 51.5. The Labute approximate surface area is 305 Å². The number of imide groups is 1. The third-order valence-corrected chi connectivity index (χ3v) is 9.12. The molecule has 3 amide bonds. The van der Waals surface area contributed by atoms with Crippen molar-refractivity contribution in [3.63, 3.8) is 0 Å². The van der Waals surface area contributed by atoms with Gasteiger partial charge < -0.3 is 25.4 Å². The summed E-state index contributed by atoms with van der Waals surface area (Å²) in [5, 5.41) is 3.10. The molecule has 0 aliphatic carbocycles. The van der Waals surface area contributed by atoms with E-state index in [4.69, 9.17) is 15.2 Å². The van der Waals surface area contributed by atoms with Gasteiger partial charge in [0.1, 0.15) is 6.04 Å². The molecule has 0 fully saturated rings. The number of hydrogen-bond acceptors (Lipinski definition) is 10. The van der Waals surface area contributed by atoms with Gasteiger partial charge in [-0.2, -0.15) is 13.2 Å². The molecule has 3 N–H and O–H groups in total. The van der Waals surface area contributed by atoms with Crippen LogP contribution in [-0.4, -0.2) is 75.2 Å². The molecule has 1 aliphatic heterocycles. The second-order valence-corrected chi connectivity index (χ2v) is 13.4. The predicted octanol–water partition coefficient (Wildman–Crippen LogP) is 5.28. The molecule has 17 heteroatoms. The van der Waals surface area contributed by atoms with E-state index in [1.807, 2.05) is 0 Å². The highest BCUT2D eigenvalue weighted by atomic mass is 79.9. The normalized spacial score (nSPS) is 15.3. The lowest BCUT2D eigenvalue weighted by molar-refractivity contribution is -0.154. The van der Waals surface area contributed by atoms with Gasteiger partial charge in [0.15, 0.2) is 0 Å². The molecule has 1 aliphatic rings. The van der Waals surface area contributed by atoms with Crippen molar-refractivity contribution in [3.05, 3.63) is 97.9 Å². The molecule has 0 bridgehead atoms. The molecule has 278 valence electrons. The van der Waals surface area contributed by atoms with E-state index in [9.17, 15) is 37.1 Å². The minimum absolute atomic E-state index is 0.0645. The van der Waals surface area contributed by atoms with Crippen LogP contribution in [0.5, 0.6) is 0 Å². The number of carbonyl (C=O) groups is 4. The fourth-order valence-corrected chi connectivity index (χ4v) is 5.68. The van der Waals surface area contributed by atoms with Crippen molar-refractivity contribution >= 4 is 45.8 Å². The summed E-state index contributed by atoms with van der Waals surface area (Å²) in [6.45, 7) is 9.78. The molecule has 2 aromatic carbocycles. The largest absolute Gasteiger partial charge is 0.427 e. The van der Waals surface area contributed by atoms with Crippen molar-refractivity contribution in [1.82, 2.24) is 19.4 Å². The number of amides is 3. The van der Waals surface area contributed by atoms with Gasteiger partial charge in [-0.05, 0) is 68.7 Å².